The minimum absolute atomic E-state index is 0.142. The number of hydrogen-bond acceptors (Lipinski definition) is 3. The van der Waals surface area contributed by atoms with Crippen LogP contribution in [0, 0.1) is 0 Å². The highest BCUT2D eigenvalue weighted by Crippen LogP contribution is 2.23. The molecule has 0 N–H and O–H groups in total. The van der Waals surface area contributed by atoms with Gasteiger partial charge in [-0.15, -0.1) is 0 Å². The van der Waals surface area contributed by atoms with Gasteiger partial charge < -0.3 is 4.74 Å². The predicted molar refractivity (Wildman–Crippen MR) is 56.2 cm³/mol. The van der Waals surface area contributed by atoms with Crippen LogP contribution in [0.1, 0.15) is 6.42 Å². The summed E-state index contributed by atoms with van der Waals surface area (Å²) in [4.78, 5) is 14.3. The van der Waals surface area contributed by atoms with Crippen molar-refractivity contribution in [2.24, 2.45) is 4.99 Å². The highest BCUT2D eigenvalue weighted by molar-refractivity contribution is 6.03. The molecule has 1 aromatic rings. The molecule has 0 spiro atoms. The lowest BCUT2D eigenvalue weighted by Gasteiger charge is -2.09. The van der Waals surface area contributed by atoms with Crippen molar-refractivity contribution in [2.45, 2.75) is 12.6 Å². The smallest absolute Gasteiger partial charge is 0.430 e. The first-order chi connectivity index (χ1) is 7.93. The Morgan fingerprint density at radius 1 is 1.29 bits per heavy atom. The number of esters is 1. The number of carbonyl (C=O) groups is 1. The molecule has 17 heavy (non-hydrogen) atoms. The van der Waals surface area contributed by atoms with Crippen LogP contribution in [0.25, 0.3) is 0 Å². The van der Waals surface area contributed by atoms with Crippen molar-refractivity contribution in [2.75, 3.05) is 7.11 Å². The summed E-state index contributed by atoms with van der Waals surface area (Å²) in [6, 6.07) is 7.62. The molecule has 6 heteroatoms. The first-order valence-corrected chi connectivity index (χ1v) is 4.70. The van der Waals surface area contributed by atoms with E-state index in [1.807, 2.05) is 0 Å². The Hall–Kier alpha value is -1.85. The quantitative estimate of drug-likeness (QED) is 0.606. The molecular formula is C11H10F3NO2. The van der Waals surface area contributed by atoms with Crippen LogP contribution in [-0.2, 0) is 9.53 Å². The van der Waals surface area contributed by atoms with Crippen LogP contribution in [0.2, 0.25) is 0 Å². The zero-order chi connectivity index (χ0) is 12.9. The summed E-state index contributed by atoms with van der Waals surface area (Å²) in [6.07, 6.45) is -5.54. The van der Waals surface area contributed by atoms with E-state index in [0.29, 0.717) is 0 Å². The second-order valence-electron chi connectivity index (χ2n) is 3.14. The molecule has 0 aromatic heterocycles. The van der Waals surface area contributed by atoms with Crippen molar-refractivity contribution < 1.29 is 22.7 Å². The Balaban J connectivity index is 2.99. The SMILES string of the molecule is COC(=O)CC(=Nc1ccccc1)C(F)(F)F. The fraction of sp³-hybridized carbons (Fsp3) is 0.273. The van der Waals surface area contributed by atoms with Gasteiger partial charge in [-0.3, -0.25) is 4.79 Å². The monoisotopic (exact) mass is 245 g/mol. The van der Waals surface area contributed by atoms with Gasteiger partial charge in [0, 0.05) is 0 Å². The van der Waals surface area contributed by atoms with Crippen LogP contribution in [0.5, 0.6) is 0 Å². The van der Waals surface area contributed by atoms with Gasteiger partial charge in [0.05, 0.1) is 19.2 Å². The average Bonchev–Trinajstić information content (AvgIpc) is 2.28. The van der Waals surface area contributed by atoms with Gasteiger partial charge in [0.15, 0.2) is 0 Å². The van der Waals surface area contributed by atoms with Gasteiger partial charge >= 0.3 is 12.1 Å². The third-order valence-electron chi connectivity index (χ3n) is 1.89. The molecule has 92 valence electrons. The summed E-state index contributed by atoms with van der Waals surface area (Å²) < 4.78 is 41.9. The Labute approximate surface area is 95.9 Å². The Kier molecular flexibility index (Phi) is 4.25. The fourth-order valence-corrected chi connectivity index (χ4v) is 1.07. The van der Waals surface area contributed by atoms with Crippen molar-refractivity contribution in [1.82, 2.24) is 0 Å². The minimum atomic E-state index is -4.65. The lowest BCUT2D eigenvalue weighted by atomic mass is 10.2. The van der Waals surface area contributed by atoms with Crippen LogP contribution in [-0.4, -0.2) is 25.0 Å². The van der Waals surface area contributed by atoms with Crippen LogP contribution in [0.4, 0.5) is 18.9 Å². The molecule has 0 aliphatic heterocycles. The summed E-state index contributed by atoms with van der Waals surface area (Å²) in [7, 11) is 1.03. The largest absolute Gasteiger partial charge is 0.469 e. The number of rotatable bonds is 3. The second kappa shape index (κ2) is 5.47. The van der Waals surface area contributed by atoms with E-state index in [9.17, 15) is 18.0 Å². The summed E-state index contributed by atoms with van der Waals surface area (Å²) in [5.74, 6) is -0.975. The van der Waals surface area contributed by atoms with Crippen LogP contribution < -0.4 is 0 Å². The van der Waals surface area contributed by atoms with Crippen molar-refractivity contribution in [3.05, 3.63) is 30.3 Å². The molecule has 0 saturated heterocycles. The maximum atomic E-state index is 12.6. The van der Waals surface area contributed by atoms with E-state index in [0.717, 1.165) is 7.11 Å². The molecule has 1 rings (SSSR count). The number of halogens is 3. The first kappa shape index (κ1) is 13.2. The number of para-hydroxylation sites is 1. The molecule has 0 aliphatic carbocycles. The number of alkyl halides is 3. The molecule has 0 fully saturated rings. The van der Waals surface area contributed by atoms with Crippen molar-refractivity contribution in [3.8, 4) is 0 Å². The zero-order valence-electron chi connectivity index (χ0n) is 8.99. The van der Waals surface area contributed by atoms with E-state index in [1.165, 1.54) is 12.1 Å². The highest BCUT2D eigenvalue weighted by atomic mass is 19.4. The van der Waals surface area contributed by atoms with Gasteiger partial charge in [-0.1, -0.05) is 18.2 Å². The standard InChI is InChI=1S/C11H10F3NO2/c1-17-10(16)7-9(11(12,13)14)15-8-5-3-2-4-6-8/h2-6H,7H2,1H3. The van der Waals surface area contributed by atoms with E-state index in [4.69, 9.17) is 0 Å². The molecule has 0 heterocycles. The minimum Gasteiger partial charge on any atom is -0.469 e. The average molecular weight is 245 g/mol. The molecule has 3 nitrogen and oxygen atoms in total. The topological polar surface area (TPSA) is 38.7 Å². The van der Waals surface area contributed by atoms with Gasteiger partial charge in [-0.2, -0.15) is 13.2 Å². The molecule has 0 aliphatic rings. The van der Waals surface area contributed by atoms with Gasteiger partial charge in [0.1, 0.15) is 5.71 Å². The number of methoxy groups -OCH3 is 1. The third kappa shape index (κ3) is 4.26. The molecular weight excluding hydrogens is 235 g/mol. The molecule has 1 aromatic carbocycles. The van der Waals surface area contributed by atoms with E-state index in [2.05, 4.69) is 9.73 Å². The van der Waals surface area contributed by atoms with Crippen LogP contribution in [0.15, 0.2) is 35.3 Å². The number of ether oxygens (including phenoxy) is 1. The van der Waals surface area contributed by atoms with Crippen molar-refractivity contribution >= 4 is 17.4 Å². The van der Waals surface area contributed by atoms with Gasteiger partial charge in [-0.25, -0.2) is 4.99 Å². The molecule has 0 amide bonds. The van der Waals surface area contributed by atoms with Gasteiger partial charge in [0.25, 0.3) is 0 Å². The first-order valence-electron chi connectivity index (χ1n) is 4.70. The Morgan fingerprint density at radius 2 is 1.88 bits per heavy atom. The van der Waals surface area contributed by atoms with Gasteiger partial charge in [0.2, 0.25) is 0 Å². The molecule has 0 radical (unpaired) electrons. The lowest BCUT2D eigenvalue weighted by Crippen LogP contribution is -2.26. The molecule has 0 atom stereocenters. The predicted octanol–water partition coefficient (Wildman–Crippen LogP) is 2.88. The third-order valence-corrected chi connectivity index (χ3v) is 1.89. The molecule has 0 unspecified atom stereocenters. The lowest BCUT2D eigenvalue weighted by molar-refractivity contribution is -0.140. The summed E-state index contributed by atoms with van der Waals surface area (Å²) in [5.41, 5.74) is -1.03. The highest BCUT2D eigenvalue weighted by Gasteiger charge is 2.37. The normalized spacial score (nSPS) is 12.4. The maximum absolute atomic E-state index is 12.6. The van der Waals surface area contributed by atoms with E-state index >= 15 is 0 Å². The number of hydrogen-bond donors (Lipinski definition) is 0. The summed E-state index contributed by atoms with van der Waals surface area (Å²) in [5, 5.41) is 0. The summed E-state index contributed by atoms with van der Waals surface area (Å²) >= 11 is 0. The number of carbonyl (C=O) groups excluding carboxylic acids is 1. The van der Waals surface area contributed by atoms with Crippen molar-refractivity contribution in [3.63, 3.8) is 0 Å². The number of benzene rings is 1. The number of aliphatic imine (C=N–C) groups is 1. The van der Waals surface area contributed by atoms with Crippen LogP contribution >= 0.6 is 0 Å². The van der Waals surface area contributed by atoms with E-state index in [1.54, 1.807) is 18.2 Å². The van der Waals surface area contributed by atoms with Gasteiger partial charge in [-0.05, 0) is 12.1 Å². The zero-order valence-corrected chi connectivity index (χ0v) is 8.99. The van der Waals surface area contributed by atoms with Crippen molar-refractivity contribution in [1.29, 1.82) is 0 Å². The Bertz CT molecular complexity index is 412. The second-order valence-corrected chi connectivity index (χ2v) is 3.14. The van der Waals surface area contributed by atoms with E-state index in [-0.39, 0.29) is 5.69 Å². The summed E-state index contributed by atoms with van der Waals surface area (Å²) in [6.45, 7) is 0. The Morgan fingerprint density at radius 3 is 2.35 bits per heavy atom. The maximum Gasteiger partial charge on any atom is 0.430 e. The number of nitrogens with zero attached hydrogens (tertiary/aromatic N) is 1. The molecule has 0 saturated carbocycles. The van der Waals surface area contributed by atoms with Crippen LogP contribution in [0.3, 0.4) is 0 Å². The van der Waals surface area contributed by atoms with E-state index < -0.39 is 24.3 Å². The molecule has 0 bridgehead atoms. The fourth-order valence-electron chi connectivity index (χ4n) is 1.07.